The molecule has 0 spiro atoms. The van der Waals surface area contributed by atoms with Gasteiger partial charge in [0.15, 0.2) is 11.1 Å². The van der Waals surface area contributed by atoms with Crippen molar-refractivity contribution >= 4 is 54.8 Å². The van der Waals surface area contributed by atoms with Crippen molar-refractivity contribution in [1.29, 1.82) is 0 Å². The van der Waals surface area contributed by atoms with Crippen LogP contribution in [0.3, 0.4) is 0 Å². The summed E-state index contributed by atoms with van der Waals surface area (Å²) in [6, 6.07) is 14.2. The van der Waals surface area contributed by atoms with Gasteiger partial charge in [-0.25, -0.2) is 0 Å². The number of allylic oxidation sites excluding steroid dienone is 1. The van der Waals surface area contributed by atoms with Crippen LogP contribution in [0, 0.1) is 0 Å². The second-order valence-corrected chi connectivity index (χ2v) is 8.91. The van der Waals surface area contributed by atoms with Crippen LogP contribution in [0.4, 0.5) is 5.69 Å². The zero-order valence-corrected chi connectivity index (χ0v) is 17.3. The molecule has 0 saturated heterocycles. The molecule has 26 heavy (non-hydrogen) atoms. The Morgan fingerprint density at radius 3 is 2.69 bits per heavy atom. The van der Waals surface area contributed by atoms with Crippen LogP contribution in [0.5, 0.6) is 0 Å². The molecule has 0 fully saturated rings. The highest BCUT2D eigenvalue weighted by Crippen LogP contribution is 2.40. The highest BCUT2D eigenvalue weighted by Gasteiger charge is 2.42. The topological polar surface area (TPSA) is 20.1 Å². The molecule has 4 heteroatoms. The highest BCUT2D eigenvalue weighted by atomic mass is 79.9. The predicted molar refractivity (Wildman–Crippen MR) is 115 cm³/mol. The van der Waals surface area contributed by atoms with Gasteiger partial charge in [0.1, 0.15) is 7.05 Å². The van der Waals surface area contributed by atoms with E-state index in [1.54, 1.807) is 11.3 Å². The van der Waals surface area contributed by atoms with Gasteiger partial charge in [-0.15, -0.1) is 11.3 Å². The molecule has 1 aliphatic rings. The lowest BCUT2D eigenvalue weighted by Crippen LogP contribution is -2.26. The van der Waals surface area contributed by atoms with Crippen LogP contribution < -0.4 is 5.43 Å². The van der Waals surface area contributed by atoms with Crippen molar-refractivity contribution in [2.75, 3.05) is 7.05 Å². The van der Waals surface area contributed by atoms with E-state index in [0.29, 0.717) is 0 Å². The number of nitrogens with zero attached hydrogens (tertiary/aromatic N) is 1. The average Bonchev–Trinajstić information content (AvgIpc) is 2.81. The third-order valence-corrected chi connectivity index (χ3v) is 6.60. The molecule has 0 N–H and O–H groups in total. The van der Waals surface area contributed by atoms with Gasteiger partial charge in [-0.3, -0.25) is 4.79 Å². The van der Waals surface area contributed by atoms with Crippen molar-refractivity contribution in [3.63, 3.8) is 0 Å². The summed E-state index contributed by atoms with van der Waals surface area (Å²) in [5.74, 6) is 0. The van der Waals surface area contributed by atoms with E-state index in [-0.39, 0.29) is 10.8 Å². The Morgan fingerprint density at radius 1 is 1.12 bits per heavy atom. The maximum atomic E-state index is 12.8. The molecule has 1 aromatic heterocycles. The molecule has 1 aliphatic heterocycles. The van der Waals surface area contributed by atoms with Crippen molar-refractivity contribution in [3.8, 4) is 0 Å². The maximum Gasteiger partial charge on any atom is 0.209 e. The summed E-state index contributed by atoms with van der Waals surface area (Å²) in [5, 5.41) is 2.74. The molecule has 0 amide bonds. The highest BCUT2D eigenvalue weighted by molar-refractivity contribution is 9.10. The van der Waals surface area contributed by atoms with E-state index in [0.717, 1.165) is 20.1 Å². The van der Waals surface area contributed by atoms with Crippen molar-refractivity contribution in [2.45, 2.75) is 19.3 Å². The lowest BCUT2D eigenvalue weighted by Gasteiger charge is -2.15. The van der Waals surface area contributed by atoms with Crippen LogP contribution >= 0.6 is 27.3 Å². The van der Waals surface area contributed by atoms with Gasteiger partial charge in [-0.2, -0.15) is 4.58 Å². The molecule has 0 unspecified atom stereocenters. The zero-order valence-electron chi connectivity index (χ0n) is 14.9. The molecule has 0 atom stereocenters. The van der Waals surface area contributed by atoms with Crippen LogP contribution in [-0.2, 0) is 5.41 Å². The fourth-order valence-corrected chi connectivity index (χ4v) is 4.93. The summed E-state index contributed by atoms with van der Waals surface area (Å²) in [5.41, 5.74) is 4.40. The van der Waals surface area contributed by atoms with Crippen LogP contribution in [-0.4, -0.2) is 17.3 Å². The van der Waals surface area contributed by atoms with Crippen molar-refractivity contribution < 1.29 is 4.58 Å². The molecule has 0 radical (unpaired) electrons. The lowest BCUT2D eigenvalue weighted by atomic mass is 9.81. The smallest absolute Gasteiger partial charge is 0.209 e. The van der Waals surface area contributed by atoms with E-state index in [4.69, 9.17) is 0 Å². The quantitative estimate of drug-likeness (QED) is 0.479. The Bertz CT molecular complexity index is 1150. The first kappa shape index (κ1) is 17.4. The normalized spacial score (nSPS) is 15.8. The summed E-state index contributed by atoms with van der Waals surface area (Å²) in [4.78, 5) is 12.8. The predicted octanol–water partition coefficient (Wildman–Crippen LogP) is 5.74. The Hall–Kier alpha value is -2.04. The molecule has 3 aromatic rings. The molecule has 0 aliphatic carbocycles. The van der Waals surface area contributed by atoms with E-state index < -0.39 is 0 Å². The van der Waals surface area contributed by atoms with Crippen molar-refractivity contribution in [3.05, 3.63) is 79.7 Å². The number of benzene rings is 2. The lowest BCUT2D eigenvalue weighted by molar-refractivity contribution is -0.401. The Kier molecular flexibility index (Phi) is 4.20. The van der Waals surface area contributed by atoms with E-state index >= 15 is 0 Å². The first-order valence-corrected chi connectivity index (χ1v) is 10.2. The number of halogens is 1. The molecular weight excluding hydrogens is 406 g/mol. The van der Waals surface area contributed by atoms with Gasteiger partial charge in [-0.1, -0.05) is 28.1 Å². The Labute approximate surface area is 165 Å². The first-order valence-electron chi connectivity index (χ1n) is 8.49. The molecule has 2 nitrogen and oxygen atoms in total. The van der Waals surface area contributed by atoms with Gasteiger partial charge < -0.3 is 0 Å². The van der Waals surface area contributed by atoms with Crippen molar-refractivity contribution in [1.82, 2.24) is 0 Å². The largest absolute Gasteiger partial charge is 0.289 e. The fraction of sp³-hybridized carbons (Fsp3) is 0.182. The van der Waals surface area contributed by atoms with E-state index in [1.807, 2.05) is 35.7 Å². The monoisotopic (exact) mass is 424 g/mol. The number of fused-ring (bicyclic) bond motifs is 2. The molecule has 130 valence electrons. The summed E-state index contributed by atoms with van der Waals surface area (Å²) >= 11 is 5.19. The van der Waals surface area contributed by atoms with Crippen LogP contribution in [0.25, 0.3) is 16.2 Å². The minimum atomic E-state index is -0.117. The third kappa shape index (κ3) is 2.68. The summed E-state index contributed by atoms with van der Waals surface area (Å²) in [6.07, 6.45) is 4.05. The average molecular weight is 425 g/mol. The number of rotatable bonds is 2. The van der Waals surface area contributed by atoms with Crippen LogP contribution in [0.2, 0.25) is 0 Å². The van der Waals surface area contributed by atoms with Crippen LogP contribution in [0.1, 0.15) is 25.0 Å². The van der Waals surface area contributed by atoms with Gasteiger partial charge >= 0.3 is 0 Å². The minimum absolute atomic E-state index is 0.0925. The molecule has 0 bridgehead atoms. The molecule has 2 aromatic carbocycles. The summed E-state index contributed by atoms with van der Waals surface area (Å²) < 4.78 is 4.33. The minimum Gasteiger partial charge on any atom is -0.289 e. The summed E-state index contributed by atoms with van der Waals surface area (Å²) in [7, 11) is 2.09. The van der Waals surface area contributed by atoms with Gasteiger partial charge in [0.05, 0.1) is 5.41 Å². The second-order valence-electron chi connectivity index (χ2n) is 7.08. The van der Waals surface area contributed by atoms with Gasteiger partial charge in [0.25, 0.3) is 0 Å². The Morgan fingerprint density at radius 2 is 1.88 bits per heavy atom. The van der Waals surface area contributed by atoms with Crippen LogP contribution in [0.15, 0.2) is 63.2 Å². The zero-order chi connectivity index (χ0) is 18.5. The van der Waals surface area contributed by atoms with Gasteiger partial charge in [0, 0.05) is 43.2 Å². The molecule has 4 rings (SSSR count). The van der Waals surface area contributed by atoms with E-state index in [1.165, 1.54) is 17.0 Å². The number of hydrogen-bond acceptors (Lipinski definition) is 2. The standard InChI is InChI=1S/C22H19BrNOS/c1-22(2)17-12-15(23)9-10-18(17)24(3)20(22)11-8-14-13-26-19-7-5-4-6-16(19)21(14)25/h4-13H,1-3H3/q+1/b11-8+. The van der Waals surface area contributed by atoms with Crippen molar-refractivity contribution in [2.24, 2.45) is 0 Å². The third-order valence-electron chi connectivity index (χ3n) is 5.12. The van der Waals surface area contributed by atoms with Gasteiger partial charge in [0.2, 0.25) is 5.69 Å². The van der Waals surface area contributed by atoms with E-state index in [9.17, 15) is 4.79 Å². The molecule has 2 heterocycles. The second kappa shape index (κ2) is 6.29. The maximum absolute atomic E-state index is 12.8. The Balaban J connectivity index is 1.80. The van der Waals surface area contributed by atoms with E-state index in [2.05, 4.69) is 65.7 Å². The first-order chi connectivity index (χ1) is 12.4. The molecular formula is C22H19BrNOS+. The summed E-state index contributed by atoms with van der Waals surface area (Å²) in [6.45, 7) is 4.45. The fourth-order valence-electron chi connectivity index (χ4n) is 3.69. The number of hydrogen-bond donors (Lipinski definition) is 0. The van der Waals surface area contributed by atoms with Gasteiger partial charge in [-0.05, 0) is 44.2 Å². The molecule has 0 saturated carbocycles. The SMILES string of the molecule is C[N+]1=C(/C=C/c2csc3ccccc3c2=O)C(C)(C)c2cc(Br)ccc21.